The summed E-state index contributed by atoms with van der Waals surface area (Å²) in [5.41, 5.74) is 16.0. The molecule has 10 heteroatoms. The van der Waals surface area contributed by atoms with Crippen molar-refractivity contribution in [3.05, 3.63) is 77.4 Å². The average molecular weight is 511 g/mol. The molecule has 0 saturated heterocycles. The first-order valence-electron chi connectivity index (χ1n) is 12.2. The van der Waals surface area contributed by atoms with E-state index >= 15 is 0 Å². The van der Waals surface area contributed by atoms with Crippen LogP contribution < -0.4 is 21.7 Å². The summed E-state index contributed by atoms with van der Waals surface area (Å²) < 4.78 is 28.6. The van der Waals surface area contributed by atoms with Crippen LogP contribution in [0.4, 0.5) is 10.5 Å². The Labute approximate surface area is 212 Å². The number of nitrogens with one attached hydrogen (secondary N) is 1. The lowest BCUT2D eigenvalue weighted by atomic mass is 10.0. The maximum atomic E-state index is 13.7. The molecule has 2 atom stereocenters. The van der Waals surface area contributed by atoms with Crippen LogP contribution >= 0.6 is 0 Å². The van der Waals surface area contributed by atoms with Gasteiger partial charge in [0.05, 0.1) is 12.6 Å². The highest BCUT2D eigenvalue weighted by Crippen LogP contribution is 2.36. The van der Waals surface area contributed by atoms with E-state index in [2.05, 4.69) is 23.8 Å². The van der Waals surface area contributed by atoms with Gasteiger partial charge in [0.2, 0.25) is 16.0 Å². The molecule has 2 aliphatic heterocycles. The number of rotatable bonds is 9. The molecule has 0 radical (unpaired) electrons. The number of nitrogens with zero attached hydrogens (tertiary/aromatic N) is 3. The fourth-order valence-corrected chi connectivity index (χ4v) is 6.37. The van der Waals surface area contributed by atoms with E-state index in [4.69, 9.17) is 11.5 Å². The van der Waals surface area contributed by atoms with Crippen LogP contribution in [-0.2, 0) is 23.0 Å². The molecule has 0 fully saturated rings. The van der Waals surface area contributed by atoms with Crippen molar-refractivity contribution in [2.45, 2.75) is 44.0 Å². The zero-order valence-corrected chi connectivity index (χ0v) is 21.4. The van der Waals surface area contributed by atoms with Gasteiger partial charge in [0.15, 0.2) is 0 Å². The standard InChI is InChI=1S/C26H34N6O3S/c1-3-5-12-29-26(33)31-13-11-20-15-21(9-10-23(20)31)24(4-2)36(34,35)32-17-22(30-25(32)28)19-8-6-7-18(14-19)16-27/h4,6-10,14-15,22,24H,2-3,5,11-13,16-17,27H2,1H3,(H2,28,30)(H,29,33). The van der Waals surface area contributed by atoms with Crippen molar-refractivity contribution in [3.63, 3.8) is 0 Å². The smallest absolute Gasteiger partial charge is 0.321 e. The van der Waals surface area contributed by atoms with E-state index in [-0.39, 0.29) is 18.5 Å². The molecule has 5 N–H and O–H groups in total. The van der Waals surface area contributed by atoms with Gasteiger partial charge in [-0.15, -0.1) is 6.58 Å². The van der Waals surface area contributed by atoms with Crippen LogP contribution in [0.2, 0.25) is 0 Å². The summed E-state index contributed by atoms with van der Waals surface area (Å²) in [6, 6.07) is 12.5. The number of benzene rings is 2. The molecule has 0 aromatic heterocycles. The summed E-state index contributed by atoms with van der Waals surface area (Å²) in [5.74, 6) is -0.0407. The van der Waals surface area contributed by atoms with Gasteiger partial charge in [-0.25, -0.2) is 22.5 Å². The number of aliphatic imine (C=N–C) groups is 1. The zero-order valence-electron chi connectivity index (χ0n) is 20.6. The number of fused-ring (bicyclic) bond motifs is 1. The van der Waals surface area contributed by atoms with Crippen LogP contribution in [0, 0.1) is 0 Å². The molecule has 36 heavy (non-hydrogen) atoms. The Hall–Kier alpha value is -3.37. The van der Waals surface area contributed by atoms with Crippen LogP contribution in [0.1, 0.15) is 53.3 Å². The first-order chi connectivity index (χ1) is 17.3. The molecule has 0 bridgehead atoms. The van der Waals surface area contributed by atoms with Gasteiger partial charge in [0, 0.05) is 25.3 Å². The molecule has 0 spiro atoms. The molecule has 2 unspecified atom stereocenters. The third-order valence-electron chi connectivity index (χ3n) is 6.68. The van der Waals surface area contributed by atoms with Crippen LogP contribution in [0.3, 0.4) is 0 Å². The fraction of sp³-hybridized carbons (Fsp3) is 0.385. The largest absolute Gasteiger partial charge is 0.369 e. The predicted octanol–water partition coefficient (Wildman–Crippen LogP) is 2.95. The number of hydrogen-bond donors (Lipinski definition) is 3. The Bertz CT molecular complexity index is 1280. The molecule has 2 amide bonds. The molecule has 2 aromatic rings. The van der Waals surface area contributed by atoms with E-state index in [1.165, 1.54) is 10.4 Å². The van der Waals surface area contributed by atoms with Crippen molar-refractivity contribution in [1.29, 1.82) is 0 Å². The van der Waals surface area contributed by atoms with Crippen LogP contribution in [0.25, 0.3) is 0 Å². The van der Waals surface area contributed by atoms with Crippen molar-refractivity contribution in [2.75, 3.05) is 24.5 Å². The number of carbonyl (C=O) groups excluding carboxylic acids is 1. The number of anilines is 1. The van der Waals surface area contributed by atoms with Gasteiger partial charge in [0.1, 0.15) is 5.25 Å². The predicted molar refractivity (Wildman–Crippen MR) is 143 cm³/mol. The monoisotopic (exact) mass is 510 g/mol. The summed E-state index contributed by atoms with van der Waals surface area (Å²) in [4.78, 5) is 18.7. The fourth-order valence-electron chi connectivity index (χ4n) is 4.70. The third kappa shape index (κ3) is 4.96. The highest BCUT2D eigenvalue weighted by molar-refractivity contribution is 7.90. The molecule has 9 nitrogen and oxygen atoms in total. The second-order valence-corrected chi connectivity index (χ2v) is 11.0. The third-order valence-corrected chi connectivity index (χ3v) is 8.73. The minimum absolute atomic E-state index is 0.0407. The number of unbranched alkanes of at least 4 members (excludes halogenated alkanes) is 1. The number of sulfonamides is 1. The maximum Gasteiger partial charge on any atom is 0.321 e. The molecule has 2 aromatic carbocycles. The summed E-state index contributed by atoms with van der Waals surface area (Å²) in [5, 5.41) is 1.94. The molecule has 0 aliphatic carbocycles. The van der Waals surface area contributed by atoms with E-state index < -0.39 is 21.3 Å². The maximum absolute atomic E-state index is 13.7. The van der Waals surface area contributed by atoms with Crippen molar-refractivity contribution >= 4 is 27.7 Å². The van der Waals surface area contributed by atoms with Gasteiger partial charge in [0.25, 0.3) is 0 Å². The number of urea groups is 1. The Morgan fingerprint density at radius 2 is 2.11 bits per heavy atom. The molecule has 4 rings (SSSR count). The number of hydrogen-bond acceptors (Lipinski definition) is 6. The van der Waals surface area contributed by atoms with Crippen molar-refractivity contribution in [3.8, 4) is 0 Å². The lowest BCUT2D eigenvalue weighted by molar-refractivity contribution is 0.246. The zero-order chi connectivity index (χ0) is 25.9. The van der Waals surface area contributed by atoms with Gasteiger partial charge >= 0.3 is 6.03 Å². The van der Waals surface area contributed by atoms with Gasteiger partial charge in [-0.05, 0) is 41.2 Å². The highest BCUT2D eigenvalue weighted by atomic mass is 32.2. The minimum Gasteiger partial charge on any atom is -0.369 e. The van der Waals surface area contributed by atoms with E-state index in [1.807, 2.05) is 36.4 Å². The van der Waals surface area contributed by atoms with Crippen molar-refractivity contribution in [2.24, 2.45) is 16.5 Å². The van der Waals surface area contributed by atoms with Gasteiger partial charge in [-0.3, -0.25) is 4.90 Å². The van der Waals surface area contributed by atoms with Gasteiger partial charge in [-0.2, -0.15) is 0 Å². The number of amides is 2. The SMILES string of the molecule is C=CC(c1ccc2c(c1)CCN2C(=O)NCCCC)S(=O)(=O)N1CC(c2cccc(CN)c2)N=C1N. The molecule has 192 valence electrons. The average Bonchev–Trinajstić information content (AvgIpc) is 3.48. The lowest BCUT2D eigenvalue weighted by Gasteiger charge is -2.25. The Balaban J connectivity index is 1.54. The van der Waals surface area contributed by atoms with Crippen LogP contribution in [0.5, 0.6) is 0 Å². The van der Waals surface area contributed by atoms with E-state index in [9.17, 15) is 13.2 Å². The second-order valence-electron chi connectivity index (χ2n) is 9.06. The Morgan fingerprint density at radius 3 is 2.83 bits per heavy atom. The summed E-state index contributed by atoms with van der Waals surface area (Å²) in [7, 11) is -3.93. The highest BCUT2D eigenvalue weighted by Gasteiger charge is 2.39. The number of nitrogens with two attached hydrogens (primary N) is 2. The van der Waals surface area contributed by atoms with E-state index in [0.717, 1.165) is 35.2 Å². The number of guanidine groups is 1. The molecule has 0 saturated carbocycles. The normalized spacial score (nSPS) is 18.1. The van der Waals surface area contributed by atoms with Gasteiger partial charge in [-0.1, -0.05) is 55.8 Å². The summed E-state index contributed by atoms with van der Waals surface area (Å²) in [6.07, 6.45) is 4.00. The lowest BCUT2D eigenvalue weighted by Crippen LogP contribution is -2.41. The first-order valence-corrected chi connectivity index (χ1v) is 13.7. The van der Waals surface area contributed by atoms with Crippen molar-refractivity contribution in [1.82, 2.24) is 9.62 Å². The summed E-state index contributed by atoms with van der Waals surface area (Å²) >= 11 is 0. The topological polar surface area (TPSA) is 134 Å². The van der Waals surface area contributed by atoms with Gasteiger partial charge < -0.3 is 16.8 Å². The number of carbonyl (C=O) groups is 1. The molecule has 2 aliphatic rings. The minimum atomic E-state index is -3.93. The van der Waals surface area contributed by atoms with Crippen molar-refractivity contribution < 1.29 is 13.2 Å². The van der Waals surface area contributed by atoms with E-state index in [1.54, 1.807) is 11.0 Å². The molecular formula is C26H34N6O3S. The first kappa shape index (κ1) is 25.7. The van der Waals surface area contributed by atoms with Crippen LogP contribution in [0.15, 0.2) is 60.1 Å². The molecular weight excluding hydrogens is 476 g/mol. The Kier molecular flexibility index (Phi) is 7.65. The quantitative estimate of drug-likeness (QED) is 0.352. The van der Waals surface area contributed by atoms with E-state index in [0.29, 0.717) is 31.6 Å². The van der Waals surface area contributed by atoms with Crippen LogP contribution in [-0.4, -0.2) is 44.3 Å². The second kappa shape index (κ2) is 10.7. The summed E-state index contributed by atoms with van der Waals surface area (Å²) in [6.45, 7) is 7.56. The molecule has 2 heterocycles. The Morgan fingerprint density at radius 1 is 1.31 bits per heavy atom.